The first-order valence-electron chi connectivity index (χ1n) is 4.52. The minimum absolute atomic E-state index is 0.0704. The van der Waals surface area contributed by atoms with Gasteiger partial charge in [0.1, 0.15) is 0 Å². The van der Waals surface area contributed by atoms with Crippen molar-refractivity contribution in [1.29, 1.82) is 0 Å². The fourth-order valence-electron chi connectivity index (χ4n) is 1.78. The molecule has 0 amide bonds. The third-order valence-corrected chi connectivity index (χ3v) is 3.54. The lowest BCUT2D eigenvalue weighted by Crippen LogP contribution is -2.37. The molecule has 1 aliphatic rings. The van der Waals surface area contributed by atoms with Crippen molar-refractivity contribution in [2.75, 3.05) is 18.6 Å². The minimum atomic E-state index is -0.755. The zero-order valence-corrected chi connectivity index (χ0v) is 8.44. The second-order valence-corrected chi connectivity index (χ2v) is 4.69. The van der Waals surface area contributed by atoms with Crippen LogP contribution in [0.1, 0.15) is 25.7 Å². The van der Waals surface area contributed by atoms with Crippen LogP contribution < -0.4 is 0 Å². The van der Waals surface area contributed by atoms with Gasteiger partial charge >= 0.3 is 0 Å². The quantitative estimate of drug-likeness (QED) is 0.704. The average Bonchev–Trinajstić information content (AvgIpc) is 2.10. The lowest BCUT2D eigenvalue weighted by atomic mass is 9.80. The summed E-state index contributed by atoms with van der Waals surface area (Å²) in [6, 6.07) is 0. The zero-order chi connectivity index (χ0) is 9.03. The maximum Gasteiger partial charge on any atom is 0.0877 e. The van der Waals surface area contributed by atoms with Crippen LogP contribution in [0.4, 0.5) is 0 Å². The molecule has 1 saturated carbocycles. The van der Waals surface area contributed by atoms with Crippen LogP contribution >= 0.6 is 11.8 Å². The molecule has 0 atom stereocenters. The molecule has 1 fully saturated rings. The molecule has 0 spiro atoms. The van der Waals surface area contributed by atoms with E-state index in [-0.39, 0.29) is 6.61 Å². The summed E-state index contributed by atoms with van der Waals surface area (Å²) in [6.45, 7) is -0.0704. The molecular weight excluding hydrogens is 172 g/mol. The summed E-state index contributed by atoms with van der Waals surface area (Å²) in [6.07, 6.45) is 5.80. The van der Waals surface area contributed by atoms with Crippen molar-refractivity contribution in [2.24, 2.45) is 5.92 Å². The van der Waals surface area contributed by atoms with E-state index < -0.39 is 5.60 Å². The van der Waals surface area contributed by atoms with E-state index in [0.29, 0.717) is 0 Å². The SMILES string of the molecule is CSCC1CCC(O)(CO)CC1. The molecule has 0 aromatic rings. The van der Waals surface area contributed by atoms with Crippen LogP contribution in [0.2, 0.25) is 0 Å². The maximum absolute atomic E-state index is 9.71. The van der Waals surface area contributed by atoms with E-state index in [2.05, 4.69) is 6.26 Å². The van der Waals surface area contributed by atoms with Gasteiger partial charge in [0.25, 0.3) is 0 Å². The molecule has 0 bridgehead atoms. The molecular formula is C9H18O2S. The lowest BCUT2D eigenvalue weighted by molar-refractivity contribution is -0.0497. The first kappa shape index (κ1) is 10.4. The molecule has 3 heteroatoms. The Bertz CT molecular complexity index is 130. The van der Waals surface area contributed by atoms with E-state index in [4.69, 9.17) is 5.11 Å². The van der Waals surface area contributed by atoms with Crippen molar-refractivity contribution in [2.45, 2.75) is 31.3 Å². The molecule has 2 N–H and O–H groups in total. The van der Waals surface area contributed by atoms with Crippen molar-refractivity contribution in [3.05, 3.63) is 0 Å². The Kier molecular flexibility index (Phi) is 3.87. The van der Waals surface area contributed by atoms with Crippen molar-refractivity contribution in [1.82, 2.24) is 0 Å². The molecule has 1 aliphatic carbocycles. The van der Waals surface area contributed by atoms with E-state index in [0.717, 1.165) is 31.6 Å². The van der Waals surface area contributed by atoms with Crippen LogP contribution in [0, 0.1) is 5.92 Å². The Morgan fingerprint density at radius 3 is 2.42 bits per heavy atom. The van der Waals surface area contributed by atoms with Gasteiger partial charge < -0.3 is 10.2 Å². The average molecular weight is 190 g/mol. The Morgan fingerprint density at radius 1 is 1.42 bits per heavy atom. The lowest BCUT2D eigenvalue weighted by Gasteiger charge is -2.34. The number of hydrogen-bond donors (Lipinski definition) is 2. The van der Waals surface area contributed by atoms with Gasteiger partial charge in [-0.25, -0.2) is 0 Å². The summed E-state index contributed by atoms with van der Waals surface area (Å²) < 4.78 is 0. The molecule has 0 saturated heterocycles. The topological polar surface area (TPSA) is 40.5 Å². The molecule has 12 heavy (non-hydrogen) atoms. The van der Waals surface area contributed by atoms with Crippen molar-refractivity contribution < 1.29 is 10.2 Å². The highest BCUT2D eigenvalue weighted by Crippen LogP contribution is 2.32. The van der Waals surface area contributed by atoms with Crippen molar-refractivity contribution >= 4 is 11.8 Å². The van der Waals surface area contributed by atoms with Gasteiger partial charge in [0.15, 0.2) is 0 Å². The molecule has 0 unspecified atom stereocenters. The van der Waals surface area contributed by atoms with Crippen LogP contribution in [-0.2, 0) is 0 Å². The van der Waals surface area contributed by atoms with Gasteiger partial charge in [-0.3, -0.25) is 0 Å². The summed E-state index contributed by atoms with van der Waals surface area (Å²) in [5, 5.41) is 18.6. The normalized spacial score (nSPS) is 36.8. The summed E-state index contributed by atoms with van der Waals surface area (Å²) >= 11 is 1.87. The van der Waals surface area contributed by atoms with Gasteiger partial charge in [0.2, 0.25) is 0 Å². The van der Waals surface area contributed by atoms with E-state index >= 15 is 0 Å². The standard InChI is InChI=1S/C9H18O2S/c1-12-6-8-2-4-9(11,7-10)5-3-8/h8,10-11H,2-7H2,1H3. The predicted octanol–water partition coefficient (Wildman–Crippen LogP) is 1.26. The second kappa shape index (κ2) is 4.49. The molecule has 1 rings (SSSR count). The van der Waals surface area contributed by atoms with Crippen molar-refractivity contribution in [3.8, 4) is 0 Å². The zero-order valence-electron chi connectivity index (χ0n) is 7.62. The fourth-order valence-corrected chi connectivity index (χ4v) is 2.58. The Balaban J connectivity index is 2.29. The highest BCUT2D eigenvalue weighted by Gasteiger charge is 2.31. The fraction of sp³-hybridized carbons (Fsp3) is 1.00. The molecule has 0 radical (unpaired) electrons. The van der Waals surface area contributed by atoms with Gasteiger partial charge in [0.05, 0.1) is 12.2 Å². The number of hydrogen-bond acceptors (Lipinski definition) is 3. The highest BCUT2D eigenvalue weighted by molar-refractivity contribution is 7.98. The van der Waals surface area contributed by atoms with Crippen molar-refractivity contribution in [3.63, 3.8) is 0 Å². The van der Waals surface area contributed by atoms with Crippen LogP contribution in [0.5, 0.6) is 0 Å². The van der Waals surface area contributed by atoms with E-state index in [9.17, 15) is 5.11 Å². The summed E-state index contributed by atoms with van der Waals surface area (Å²) in [5.74, 6) is 1.95. The highest BCUT2D eigenvalue weighted by atomic mass is 32.2. The Hall–Kier alpha value is 0.270. The van der Waals surface area contributed by atoms with Gasteiger partial charge in [-0.2, -0.15) is 11.8 Å². The predicted molar refractivity (Wildman–Crippen MR) is 52.4 cm³/mol. The molecule has 2 nitrogen and oxygen atoms in total. The van der Waals surface area contributed by atoms with E-state index in [1.54, 1.807) is 0 Å². The summed E-state index contributed by atoms with van der Waals surface area (Å²) in [7, 11) is 0. The molecule has 0 heterocycles. The third kappa shape index (κ3) is 2.64. The molecule has 0 aliphatic heterocycles. The molecule has 72 valence electrons. The van der Waals surface area contributed by atoms with Gasteiger partial charge in [-0.1, -0.05) is 0 Å². The maximum atomic E-state index is 9.71. The Labute approximate surface area is 78.4 Å². The van der Waals surface area contributed by atoms with Gasteiger partial charge in [-0.05, 0) is 43.6 Å². The number of aliphatic hydroxyl groups excluding tert-OH is 1. The molecule has 0 aromatic heterocycles. The third-order valence-electron chi connectivity index (χ3n) is 2.73. The van der Waals surface area contributed by atoms with Crippen LogP contribution in [-0.4, -0.2) is 34.4 Å². The first-order valence-corrected chi connectivity index (χ1v) is 5.92. The second-order valence-electron chi connectivity index (χ2n) is 3.78. The van der Waals surface area contributed by atoms with Crippen LogP contribution in [0.25, 0.3) is 0 Å². The Morgan fingerprint density at radius 2 is 2.00 bits per heavy atom. The van der Waals surface area contributed by atoms with E-state index in [1.807, 2.05) is 11.8 Å². The first-order chi connectivity index (χ1) is 5.70. The largest absolute Gasteiger partial charge is 0.393 e. The summed E-state index contributed by atoms with van der Waals surface area (Å²) in [5.41, 5.74) is -0.755. The van der Waals surface area contributed by atoms with Gasteiger partial charge in [0, 0.05) is 0 Å². The van der Waals surface area contributed by atoms with Crippen LogP contribution in [0.3, 0.4) is 0 Å². The smallest absolute Gasteiger partial charge is 0.0877 e. The number of aliphatic hydroxyl groups is 2. The van der Waals surface area contributed by atoms with Gasteiger partial charge in [-0.15, -0.1) is 0 Å². The molecule has 0 aromatic carbocycles. The van der Waals surface area contributed by atoms with E-state index in [1.165, 1.54) is 5.75 Å². The number of rotatable bonds is 3. The minimum Gasteiger partial charge on any atom is -0.393 e. The van der Waals surface area contributed by atoms with Crippen LogP contribution in [0.15, 0.2) is 0 Å². The summed E-state index contributed by atoms with van der Waals surface area (Å²) in [4.78, 5) is 0. The monoisotopic (exact) mass is 190 g/mol. The number of thioether (sulfide) groups is 1.